The van der Waals surface area contributed by atoms with E-state index in [0.717, 1.165) is 5.75 Å². The molecule has 1 heterocycles. The lowest BCUT2D eigenvalue weighted by Crippen LogP contribution is -2.28. The molecule has 0 N–H and O–H groups in total. The molecule has 0 unspecified atom stereocenters. The van der Waals surface area contributed by atoms with E-state index >= 15 is 0 Å². The molecule has 1 nitrogen and oxygen atoms in total. The van der Waals surface area contributed by atoms with E-state index in [0.29, 0.717) is 5.92 Å². The van der Waals surface area contributed by atoms with Crippen LogP contribution in [0.2, 0.25) is 0 Å². The fraction of sp³-hybridized carbons (Fsp3) is 0.429. The second-order valence-corrected chi connectivity index (χ2v) is 4.72. The Morgan fingerprint density at radius 1 is 1.33 bits per heavy atom. The van der Waals surface area contributed by atoms with E-state index in [1.807, 2.05) is 6.92 Å². The molecule has 1 aliphatic rings. The summed E-state index contributed by atoms with van der Waals surface area (Å²) in [6, 6.07) is 6.41. The minimum Gasteiger partial charge on any atom is -0.487 e. The first-order valence-corrected chi connectivity index (χ1v) is 5.50. The molecule has 1 atom stereocenters. The maximum atomic E-state index is 5.92. The van der Waals surface area contributed by atoms with Gasteiger partial charge in [-0.3, -0.25) is 0 Å². The summed E-state index contributed by atoms with van der Waals surface area (Å²) in [5, 5.41) is 0. The van der Waals surface area contributed by atoms with Crippen LogP contribution in [0.5, 0.6) is 5.75 Å². The summed E-state index contributed by atoms with van der Waals surface area (Å²) in [7, 11) is 0. The summed E-state index contributed by atoms with van der Waals surface area (Å²) < 4.78 is 5.92. The Labute approximate surface area is 91.8 Å². The molecule has 0 amide bonds. The van der Waals surface area contributed by atoms with Crippen molar-refractivity contribution in [3.8, 4) is 5.75 Å². The Balaban J connectivity index is 2.44. The Morgan fingerprint density at radius 3 is 2.73 bits per heavy atom. The van der Waals surface area contributed by atoms with E-state index in [9.17, 15) is 0 Å². The first-order valence-electron chi connectivity index (χ1n) is 5.50. The molecular formula is C14H18O. The van der Waals surface area contributed by atoms with Crippen molar-refractivity contribution in [2.24, 2.45) is 0 Å². The van der Waals surface area contributed by atoms with Gasteiger partial charge in [0.25, 0.3) is 0 Å². The van der Waals surface area contributed by atoms with E-state index in [4.69, 9.17) is 4.74 Å². The molecule has 80 valence electrons. The Bertz CT molecular complexity index is 402. The number of benzene rings is 1. The lowest BCUT2D eigenvalue weighted by atomic mass is 9.88. The lowest BCUT2D eigenvalue weighted by molar-refractivity contribution is 0.116. The van der Waals surface area contributed by atoms with Gasteiger partial charge in [0, 0.05) is 11.5 Å². The highest BCUT2D eigenvalue weighted by atomic mass is 16.5. The largest absolute Gasteiger partial charge is 0.487 e. The molecular weight excluding hydrogens is 184 g/mol. The topological polar surface area (TPSA) is 9.23 Å². The highest BCUT2D eigenvalue weighted by molar-refractivity contribution is 5.55. The quantitative estimate of drug-likeness (QED) is 0.669. The summed E-state index contributed by atoms with van der Waals surface area (Å²) in [6.07, 6.45) is 4.19. The molecule has 0 aromatic heterocycles. The summed E-state index contributed by atoms with van der Waals surface area (Å²) in [5.41, 5.74) is 2.51. The van der Waals surface area contributed by atoms with Crippen molar-refractivity contribution in [2.45, 2.75) is 39.2 Å². The molecule has 0 bridgehead atoms. The average Bonchev–Trinajstić information content (AvgIpc) is 2.40. The second kappa shape index (κ2) is 3.41. The average molecular weight is 202 g/mol. The minimum absolute atomic E-state index is 0.0725. The predicted molar refractivity (Wildman–Crippen MR) is 64.3 cm³/mol. The molecule has 2 rings (SSSR count). The number of fused-ring (bicyclic) bond motifs is 1. The van der Waals surface area contributed by atoms with Crippen molar-refractivity contribution in [2.75, 3.05) is 0 Å². The summed E-state index contributed by atoms with van der Waals surface area (Å²) >= 11 is 0. The monoisotopic (exact) mass is 202 g/mol. The van der Waals surface area contributed by atoms with Gasteiger partial charge in [0.15, 0.2) is 0 Å². The standard InChI is InChI=1S/C14H18O/c1-5-6-11-7-8-13-12(9-11)10(2)14(3,4)15-13/h5-10H,1-4H3/t10-/m0/s1. The van der Waals surface area contributed by atoms with Crippen LogP contribution >= 0.6 is 0 Å². The fourth-order valence-corrected chi connectivity index (χ4v) is 2.04. The molecule has 0 saturated carbocycles. The van der Waals surface area contributed by atoms with Crippen LogP contribution < -0.4 is 4.74 Å². The Morgan fingerprint density at radius 2 is 2.07 bits per heavy atom. The van der Waals surface area contributed by atoms with E-state index in [1.165, 1.54) is 11.1 Å². The van der Waals surface area contributed by atoms with Crippen molar-refractivity contribution in [1.82, 2.24) is 0 Å². The second-order valence-electron chi connectivity index (χ2n) is 4.72. The van der Waals surface area contributed by atoms with Crippen LogP contribution in [0.1, 0.15) is 44.7 Å². The Hall–Kier alpha value is -1.24. The van der Waals surface area contributed by atoms with Gasteiger partial charge in [0.2, 0.25) is 0 Å². The van der Waals surface area contributed by atoms with Crippen molar-refractivity contribution in [3.05, 3.63) is 35.4 Å². The number of hydrogen-bond acceptors (Lipinski definition) is 1. The third-order valence-corrected chi connectivity index (χ3v) is 3.28. The SMILES string of the molecule is CC=Cc1ccc2c(c1)[C@H](C)C(C)(C)O2. The first kappa shape index (κ1) is 10.3. The predicted octanol–water partition coefficient (Wildman–Crippen LogP) is 3.99. The zero-order valence-electron chi connectivity index (χ0n) is 9.87. The van der Waals surface area contributed by atoms with Gasteiger partial charge in [0.1, 0.15) is 11.4 Å². The van der Waals surface area contributed by atoms with Gasteiger partial charge < -0.3 is 4.74 Å². The number of rotatable bonds is 1. The van der Waals surface area contributed by atoms with Crippen LogP contribution in [-0.2, 0) is 0 Å². The van der Waals surface area contributed by atoms with Crippen molar-refractivity contribution < 1.29 is 4.74 Å². The van der Waals surface area contributed by atoms with Gasteiger partial charge in [-0.2, -0.15) is 0 Å². The maximum Gasteiger partial charge on any atom is 0.123 e. The molecule has 1 aromatic rings. The highest BCUT2D eigenvalue weighted by Gasteiger charge is 2.37. The Kier molecular flexibility index (Phi) is 2.34. The van der Waals surface area contributed by atoms with Crippen LogP contribution in [0.3, 0.4) is 0 Å². The molecule has 0 aliphatic carbocycles. The fourth-order valence-electron chi connectivity index (χ4n) is 2.04. The summed E-state index contributed by atoms with van der Waals surface area (Å²) in [5.74, 6) is 1.50. The van der Waals surface area contributed by atoms with Crippen molar-refractivity contribution in [1.29, 1.82) is 0 Å². The maximum absolute atomic E-state index is 5.92. The number of hydrogen-bond donors (Lipinski definition) is 0. The van der Waals surface area contributed by atoms with E-state index < -0.39 is 0 Å². The third-order valence-electron chi connectivity index (χ3n) is 3.28. The molecule has 0 radical (unpaired) electrons. The molecule has 0 spiro atoms. The van der Waals surface area contributed by atoms with Crippen molar-refractivity contribution >= 4 is 6.08 Å². The third kappa shape index (κ3) is 1.67. The van der Waals surface area contributed by atoms with Crippen molar-refractivity contribution in [3.63, 3.8) is 0 Å². The number of allylic oxidation sites excluding steroid dienone is 1. The molecule has 1 aromatic carbocycles. The van der Waals surface area contributed by atoms with E-state index in [1.54, 1.807) is 0 Å². The van der Waals surface area contributed by atoms with Gasteiger partial charge in [-0.25, -0.2) is 0 Å². The summed E-state index contributed by atoms with van der Waals surface area (Å²) in [4.78, 5) is 0. The van der Waals surface area contributed by atoms with Crippen LogP contribution in [-0.4, -0.2) is 5.60 Å². The van der Waals surface area contributed by atoms with Gasteiger partial charge >= 0.3 is 0 Å². The molecule has 15 heavy (non-hydrogen) atoms. The van der Waals surface area contributed by atoms with Crippen LogP contribution in [0.4, 0.5) is 0 Å². The number of ether oxygens (including phenoxy) is 1. The molecule has 1 heteroatoms. The normalized spacial score (nSPS) is 22.8. The zero-order valence-corrected chi connectivity index (χ0v) is 9.87. The van der Waals surface area contributed by atoms with Gasteiger partial charge in [0.05, 0.1) is 0 Å². The van der Waals surface area contributed by atoms with Gasteiger partial charge in [-0.1, -0.05) is 25.1 Å². The molecule has 1 aliphatic heterocycles. The highest BCUT2D eigenvalue weighted by Crippen LogP contribution is 2.44. The van der Waals surface area contributed by atoms with Gasteiger partial charge in [-0.15, -0.1) is 0 Å². The minimum atomic E-state index is -0.0725. The molecule has 0 fully saturated rings. The van der Waals surface area contributed by atoms with Crippen LogP contribution in [0, 0.1) is 0 Å². The molecule has 0 saturated heterocycles. The zero-order chi connectivity index (χ0) is 11.1. The first-order chi connectivity index (χ1) is 7.04. The summed E-state index contributed by atoms with van der Waals surface area (Å²) in [6.45, 7) is 8.56. The van der Waals surface area contributed by atoms with Crippen LogP contribution in [0.25, 0.3) is 6.08 Å². The van der Waals surface area contributed by atoms with E-state index in [-0.39, 0.29) is 5.60 Å². The lowest BCUT2D eigenvalue weighted by Gasteiger charge is -2.22. The van der Waals surface area contributed by atoms with E-state index in [2.05, 4.69) is 51.1 Å². The van der Waals surface area contributed by atoms with Crippen LogP contribution in [0.15, 0.2) is 24.3 Å². The van der Waals surface area contributed by atoms with Gasteiger partial charge in [-0.05, 0) is 38.5 Å². The smallest absolute Gasteiger partial charge is 0.123 e.